The third-order valence-electron chi connectivity index (χ3n) is 3.52. The van der Waals surface area contributed by atoms with Gasteiger partial charge in [0.15, 0.2) is 5.88 Å². The van der Waals surface area contributed by atoms with Gasteiger partial charge >= 0.3 is 5.97 Å². The average Bonchev–Trinajstić information content (AvgIpc) is 3.09. The van der Waals surface area contributed by atoms with Gasteiger partial charge in [-0.15, -0.1) is 11.3 Å². The number of carboxylic acids is 1. The molecular formula is C15H9N3O3S. The summed E-state index contributed by atoms with van der Waals surface area (Å²) < 4.78 is 0. The third-order valence-corrected chi connectivity index (χ3v) is 4.35. The summed E-state index contributed by atoms with van der Waals surface area (Å²) in [7, 11) is 0. The van der Waals surface area contributed by atoms with Crippen LogP contribution in [0.5, 0.6) is 5.88 Å². The first-order valence-electron chi connectivity index (χ1n) is 6.41. The molecule has 3 heterocycles. The number of hydrogen-bond donors (Lipinski definition) is 3. The van der Waals surface area contributed by atoms with Crippen molar-refractivity contribution in [2.24, 2.45) is 0 Å². The number of H-pyrrole nitrogens is 1. The van der Waals surface area contributed by atoms with Gasteiger partial charge in [-0.1, -0.05) is 0 Å². The van der Waals surface area contributed by atoms with Gasteiger partial charge < -0.3 is 15.2 Å². The van der Waals surface area contributed by atoms with E-state index < -0.39 is 5.97 Å². The molecule has 4 rings (SSSR count). The Morgan fingerprint density at radius 2 is 2.05 bits per heavy atom. The number of aromatic amines is 1. The number of nitrogens with zero attached hydrogens (tertiary/aromatic N) is 2. The molecule has 0 unspecified atom stereocenters. The molecule has 6 nitrogen and oxygen atoms in total. The molecule has 0 aliphatic heterocycles. The molecule has 0 spiro atoms. The second-order valence-electron chi connectivity index (χ2n) is 4.78. The number of carbonyl (C=O) groups is 1. The number of nitrogens with one attached hydrogen (secondary N) is 1. The quantitative estimate of drug-likeness (QED) is 0.528. The van der Waals surface area contributed by atoms with Crippen molar-refractivity contribution in [3.05, 3.63) is 41.5 Å². The standard InChI is InChI=1S/C15H9N3O3S/c19-13-11(12-8-3-4-22-14(8)17-6-16-12)9-5-7(15(20)21)1-2-10(9)18-13/h1-6,18-19H,(H,20,21). The Morgan fingerprint density at radius 1 is 1.18 bits per heavy atom. The van der Waals surface area contributed by atoms with Gasteiger partial charge in [-0.05, 0) is 29.6 Å². The molecule has 4 aromatic rings. The van der Waals surface area contributed by atoms with Crippen LogP contribution in [0.25, 0.3) is 32.4 Å². The molecule has 0 saturated carbocycles. The second kappa shape index (κ2) is 4.54. The van der Waals surface area contributed by atoms with Gasteiger partial charge in [0, 0.05) is 16.3 Å². The molecule has 0 aliphatic rings. The van der Waals surface area contributed by atoms with Crippen LogP contribution in [-0.2, 0) is 0 Å². The Morgan fingerprint density at radius 3 is 2.86 bits per heavy atom. The van der Waals surface area contributed by atoms with Crippen LogP contribution in [0.1, 0.15) is 10.4 Å². The van der Waals surface area contributed by atoms with Crippen LogP contribution in [0.15, 0.2) is 36.0 Å². The van der Waals surface area contributed by atoms with Gasteiger partial charge in [-0.25, -0.2) is 14.8 Å². The lowest BCUT2D eigenvalue weighted by Crippen LogP contribution is -1.95. The zero-order valence-electron chi connectivity index (χ0n) is 11.1. The predicted octanol–water partition coefficient (Wildman–Crippen LogP) is 3.24. The highest BCUT2D eigenvalue weighted by molar-refractivity contribution is 7.16. The Labute approximate surface area is 127 Å². The maximum absolute atomic E-state index is 11.2. The highest BCUT2D eigenvalue weighted by atomic mass is 32.1. The largest absolute Gasteiger partial charge is 0.494 e. The van der Waals surface area contributed by atoms with Crippen molar-refractivity contribution in [2.75, 3.05) is 0 Å². The van der Waals surface area contributed by atoms with Crippen LogP contribution in [0, 0.1) is 0 Å². The van der Waals surface area contributed by atoms with E-state index in [0.717, 1.165) is 10.2 Å². The topological polar surface area (TPSA) is 99.1 Å². The third kappa shape index (κ3) is 1.76. The molecule has 0 saturated heterocycles. The van der Waals surface area contributed by atoms with E-state index in [0.29, 0.717) is 22.2 Å². The summed E-state index contributed by atoms with van der Waals surface area (Å²) in [5.74, 6) is -1.05. The summed E-state index contributed by atoms with van der Waals surface area (Å²) in [4.78, 5) is 23.3. The monoisotopic (exact) mass is 311 g/mol. The zero-order valence-corrected chi connectivity index (χ0v) is 11.9. The van der Waals surface area contributed by atoms with Crippen LogP contribution in [0.3, 0.4) is 0 Å². The molecule has 3 aromatic heterocycles. The molecule has 0 fully saturated rings. The lowest BCUT2D eigenvalue weighted by atomic mass is 10.1. The van der Waals surface area contributed by atoms with Crippen molar-refractivity contribution in [2.45, 2.75) is 0 Å². The molecule has 0 bridgehead atoms. The number of aromatic carboxylic acids is 1. The first-order valence-corrected chi connectivity index (χ1v) is 7.29. The van der Waals surface area contributed by atoms with E-state index >= 15 is 0 Å². The summed E-state index contributed by atoms with van der Waals surface area (Å²) >= 11 is 1.48. The maximum atomic E-state index is 11.2. The van der Waals surface area contributed by atoms with E-state index in [2.05, 4.69) is 15.0 Å². The molecule has 0 atom stereocenters. The van der Waals surface area contributed by atoms with Crippen LogP contribution < -0.4 is 0 Å². The van der Waals surface area contributed by atoms with E-state index in [-0.39, 0.29) is 11.4 Å². The fraction of sp³-hybridized carbons (Fsp3) is 0. The van der Waals surface area contributed by atoms with Gasteiger partial charge in [-0.2, -0.15) is 0 Å². The lowest BCUT2D eigenvalue weighted by Gasteiger charge is -2.02. The molecule has 1 aromatic carbocycles. The number of carboxylic acid groups (broad SMARTS) is 1. The summed E-state index contributed by atoms with van der Waals surface area (Å²) in [6, 6.07) is 6.54. The van der Waals surface area contributed by atoms with Crippen molar-refractivity contribution in [1.29, 1.82) is 0 Å². The van der Waals surface area contributed by atoms with Crippen LogP contribution >= 0.6 is 11.3 Å². The maximum Gasteiger partial charge on any atom is 0.335 e. The number of aromatic nitrogens is 3. The Balaban J connectivity index is 2.09. The fourth-order valence-electron chi connectivity index (χ4n) is 2.54. The highest BCUT2D eigenvalue weighted by Gasteiger charge is 2.18. The second-order valence-corrected chi connectivity index (χ2v) is 5.67. The van der Waals surface area contributed by atoms with E-state index in [1.54, 1.807) is 6.07 Å². The minimum Gasteiger partial charge on any atom is -0.494 e. The van der Waals surface area contributed by atoms with E-state index in [1.165, 1.54) is 29.8 Å². The normalized spacial score (nSPS) is 11.3. The minimum atomic E-state index is -1.02. The molecule has 0 amide bonds. The Hall–Kier alpha value is -2.93. The number of thiophene rings is 1. The molecule has 3 N–H and O–H groups in total. The molecule has 7 heteroatoms. The van der Waals surface area contributed by atoms with Gasteiger partial charge in [0.1, 0.15) is 11.2 Å². The SMILES string of the molecule is O=C(O)c1ccc2[nH]c(O)c(-c3ncnc4sccc34)c2c1. The van der Waals surface area contributed by atoms with E-state index in [4.69, 9.17) is 5.11 Å². The van der Waals surface area contributed by atoms with Crippen LogP contribution in [-0.4, -0.2) is 31.1 Å². The lowest BCUT2D eigenvalue weighted by molar-refractivity contribution is 0.0697. The fourth-order valence-corrected chi connectivity index (χ4v) is 3.27. The summed E-state index contributed by atoms with van der Waals surface area (Å²) in [6.45, 7) is 0. The predicted molar refractivity (Wildman–Crippen MR) is 83.3 cm³/mol. The molecule has 108 valence electrons. The number of benzene rings is 1. The summed E-state index contributed by atoms with van der Waals surface area (Å²) in [5.41, 5.74) is 1.88. The van der Waals surface area contributed by atoms with Crippen molar-refractivity contribution < 1.29 is 15.0 Å². The van der Waals surface area contributed by atoms with Gasteiger partial charge in [0.2, 0.25) is 0 Å². The van der Waals surface area contributed by atoms with Gasteiger partial charge in [-0.3, -0.25) is 0 Å². The van der Waals surface area contributed by atoms with Crippen LogP contribution in [0.4, 0.5) is 0 Å². The first kappa shape index (κ1) is 12.8. The molecule has 22 heavy (non-hydrogen) atoms. The minimum absolute atomic E-state index is 0.0382. The van der Waals surface area contributed by atoms with Crippen molar-refractivity contribution in [1.82, 2.24) is 15.0 Å². The first-order chi connectivity index (χ1) is 10.6. The number of fused-ring (bicyclic) bond motifs is 2. The van der Waals surface area contributed by atoms with E-state index in [9.17, 15) is 9.90 Å². The van der Waals surface area contributed by atoms with Crippen LogP contribution in [0.2, 0.25) is 0 Å². The van der Waals surface area contributed by atoms with Crippen molar-refractivity contribution >= 4 is 38.4 Å². The Bertz CT molecular complexity index is 1040. The van der Waals surface area contributed by atoms with Crippen molar-refractivity contribution in [3.8, 4) is 17.1 Å². The zero-order chi connectivity index (χ0) is 15.3. The summed E-state index contributed by atoms with van der Waals surface area (Å²) in [6.07, 6.45) is 1.44. The average molecular weight is 311 g/mol. The highest BCUT2D eigenvalue weighted by Crippen LogP contribution is 2.39. The smallest absolute Gasteiger partial charge is 0.335 e. The molecular weight excluding hydrogens is 302 g/mol. The number of aromatic hydroxyl groups is 1. The van der Waals surface area contributed by atoms with Gasteiger partial charge in [0.05, 0.1) is 16.8 Å². The number of hydrogen-bond acceptors (Lipinski definition) is 5. The Kier molecular flexibility index (Phi) is 2.64. The van der Waals surface area contributed by atoms with Crippen molar-refractivity contribution in [3.63, 3.8) is 0 Å². The molecule has 0 aliphatic carbocycles. The summed E-state index contributed by atoms with van der Waals surface area (Å²) in [5, 5.41) is 22.7. The van der Waals surface area contributed by atoms with E-state index in [1.807, 2.05) is 11.4 Å². The molecule has 0 radical (unpaired) electrons. The van der Waals surface area contributed by atoms with Gasteiger partial charge in [0.25, 0.3) is 0 Å². The number of rotatable bonds is 2.